The summed E-state index contributed by atoms with van der Waals surface area (Å²) >= 11 is 0. The average Bonchev–Trinajstić information content (AvgIpc) is 2.68. The molecule has 3 rings (SSSR count). The number of fused-ring (bicyclic) bond motifs is 1. The lowest BCUT2D eigenvalue weighted by Crippen LogP contribution is -2.54. The Kier molecular flexibility index (Phi) is 3.07. The zero-order valence-corrected chi connectivity index (χ0v) is 10.5. The van der Waals surface area contributed by atoms with E-state index < -0.39 is 6.29 Å². The van der Waals surface area contributed by atoms with Gasteiger partial charge in [-0.3, -0.25) is 0 Å². The van der Waals surface area contributed by atoms with Gasteiger partial charge in [0.15, 0.2) is 6.29 Å². The number of hydrogen-bond donors (Lipinski definition) is 1. The van der Waals surface area contributed by atoms with Crippen molar-refractivity contribution in [3.63, 3.8) is 0 Å². The third-order valence-electron chi connectivity index (χ3n) is 4.28. The topological polar surface area (TPSA) is 71.7 Å². The summed E-state index contributed by atoms with van der Waals surface area (Å²) in [7, 11) is 0. The number of aliphatic hydroxyl groups excluding tert-OH is 1. The van der Waals surface area contributed by atoms with Crippen LogP contribution >= 0.6 is 0 Å². The van der Waals surface area contributed by atoms with Gasteiger partial charge in [0.25, 0.3) is 0 Å². The largest absolute Gasteiger partial charge is 0.366 e. The predicted octanol–water partition coefficient (Wildman–Crippen LogP) is 0.960. The summed E-state index contributed by atoms with van der Waals surface area (Å²) in [6.45, 7) is 2.31. The highest BCUT2D eigenvalue weighted by Crippen LogP contribution is 2.46. The minimum absolute atomic E-state index is 0.0103. The standard InChI is InChI=1S/C13H19NO4/c1-8(6-14)4-9-2-3-11-13(18-9)5-10(17-11)12(15)16-7-13/h8-12,15H,2-5,7H2,1H3/t8-,9?,10?,11?,12?,13?/m1/s1. The second kappa shape index (κ2) is 4.46. The van der Waals surface area contributed by atoms with E-state index in [0.717, 1.165) is 19.3 Å². The van der Waals surface area contributed by atoms with E-state index in [1.54, 1.807) is 0 Å². The number of nitriles is 1. The average molecular weight is 253 g/mol. The van der Waals surface area contributed by atoms with E-state index >= 15 is 0 Å². The SMILES string of the molecule is C[C@@H](C#N)CC1CCC2OC3CC2(COC3O)O1. The van der Waals surface area contributed by atoms with E-state index in [4.69, 9.17) is 19.5 Å². The van der Waals surface area contributed by atoms with Gasteiger partial charge in [-0.1, -0.05) is 0 Å². The molecule has 0 aromatic heterocycles. The Hall–Kier alpha value is -0.670. The zero-order valence-electron chi connectivity index (χ0n) is 10.5. The molecule has 1 N–H and O–H groups in total. The van der Waals surface area contributed by atoms with Crippen LogP contribution in [0.4, 0.5) is 0 Å². The Morgan fingerprint density at radius 2 is 2.33 bits per heavy atom. The van der Waals surface area contributed by atoms with Crippen molar-refractivity contribution in [3.8, 4) is 6.07 Å². The minimum Gasteiger partial charge on any atom is -0.366 e. The minimum atomic E-state index is -0.818. The number of hydrogen-bond acceptors (Lipinski definition) is 5. The van der Waals surface area contributed by atoms with Crippen LogP contribution in [0.3, 0.4) is 0 Å². The summed E-state index contributed by atoms with van der Waals surface area (Å²) < 4.78 is 17.3. The Balaban J connectivity index is 1.69. The monoisotopic (exact) mass is 253 g/mol. The van der Waals surface area contributed by atoms with Crippen molar-refractivity contribution < 1.29 is 19.3 Å². The number of aliphatic hydroxyl groups is 1. The summed E-state index contributed by atoms with van der Waals surface area (Å²) in [4.78, 5) is 0. The van der Waals surface area contributed by atoms with E-state index in [-0.39, 0.29) is 29.8 Å². The first-order valence-corrected chi connectivity index (χ1v) is 6.65. The van der Waals surface area contributed by atoms with Crippen LogP contribution in [0.5, 0.6) is 0 Å². The Labute approximate surface area is 107 Å². The van der Waals surface area contributed by atoms with Crippen LogP contribution in [0.1, 0.15) is 32.6 Å². The molecule has 3 aliphatic heterocycles. The van der Waals surface area contributed by atoms with Gasteiger partial charge in [-0.2, -0.15) is 5.26 Å². The lowest BCUT2D eigenvalue weighted by atomic mass is 9.84. The molecule has 5 unspecified atom stereocenters. The maximum Gasteiger partial charge on any atom is 0.181 e. The molecule has 3 fully saturated rings. The Bertz CT molecular complexity index is 368. The molecule has 0 aliphatic carbocycles. The van der Waals surface area contributed by atoms with Crippen molar-refractivity contribution in [1.29, 1.82) is 5.26 Å². The highest BCUT2D eigenvalue weighted by Gasteiger charge is 2.58. The van der Waals surface area contributed by atoms with Crippen LogP contribution in [0.25, 0.3) is 0 Å². The Morgan fingerprint density at radius 1 is 1.50 bits per heavy atom. The summed E-state index contributed by atoms with van der Waals surface area (Å²) in [6, 6.07) is 2.25. The van der Waals surface area contributed by atoms with Gasteiger partial charge in [-0.05, 0) is 26.2 Å². The van der Waals surface area contributed by atoms with E-state index in [0.29, 0.717) is 13.0 Å². The summed E-state index contributed by atoms with van der Waals surface area (Å²) in [5, 5.41) is 18.5. The zero-order chi connectivity index (χ0) is 12.8. The first-order valence-electron chi connectivity index (χ1n) is 6.65. The molecule has 0 saturated carbocycles. The molecular weight excluding hydrogens is 234 g/mol. The molecule has 1 spiro atoms. The van der Waals surface area contributed by atoms with Gasteiger partial charge in [0, 0.05) is 12.3 Å². The summed E-state index contributed by atoms with van der Waals surface area (Å²) in [5.41, 5.74) is -0.387. The lowest BCUT2D eigenvalue weighted by Gasteiger charge is -2.43. The van der Waals surface area contributed by atoms with Crippen molar-refractivity contribution in [1.82, 2.24) is 0 Å². The molecule has 0 amide bonds. The molecule has 0 aromatic carbocycles. The first-order chi connectivity index (χ1) is 8.63. The quantitative estimate of drug-likeness (QED) is 0.793. The van der Waals surface area contributed by atoms with Crippen molar-refractivity contribution in [3.05, 3.63) is 0 Å². The molecule has 0 aromatic rings. The number of ether oxygens (including phenoxy) is 3. The molecule has 5 nitrogen and oxygen atoms in total. The Morgan fingerprint density at radius 3 is 3.11 bits per heavy atom. The van der Waals surface area contributed by atoms with Crippen LogP contribution in [-0.4, -0.2) is 41.9 Å². The molecule has 2 bridgehead atoms. The fourth-order valence-electron chi connectivity index (χ4n) is 3.34. The molecule has 5 heteroatoms. The highest BCUT2D eigenvalue weighted by atomic mass is 16.7. The van der Waals surface area contributed by atoms with Crippen molar-refractivity contribution in [2.45, 2.75) is 62.8 Å². The normalized spacial score (nSPS) is 48.3. The van der Waals surface area contributed by atoms with Gasteiger partial charge in [0.05, 0.1) is 24.9 Å². The van der Waals surface area contributed by atoms with Crippen LogP contribution in [-0.2, 0) is 14.2 Å². The summed E-state index contributed by atoms with van der Waals surface area (Å²) in [5.74, 6) is 0.0103. The summed E-state index contributed by atoms with van der Waals surface area (Å²) in [6.07, 6.45) is 2.38. The lowest BCUT2D eigenvalue weighted by molar-refractivity contribution is -0.223. The molecule has 6 atom stereocenters. The second-order valence-corrected chi connectivity index (χ2v) is 5.72. The van der Waals surface area contributed by atoms with Crippen molar-refractivity contribution in [2.24, 2.45) is 5.92 Å². The highest BCUT2D eigenvalue weighted by molar-refractivity contribution is 5.04. The number of rotatable bonds is 2. The third kappa shape index (κ3) is 1.94. The van der Waals surface area contributed by atoms with Gasteiger partial charge in [0.2, 0.25) is 0 Å². The predicted molar refractivity (Wildman–Crippen MR) is 61.5 cm³/mol. The van der Waals surface area contributed by atoms with E-state index in [1.807, 2.05) is 6.92 Å². The van der Waals surface area contributed by atoms with Crippen molar-refractivity contribution >= 4 is 0 Å². The van der Waals surface area contributed by atoms with Gasteiger partial charge >= 0.3 is 0 Å². The first kappa shape index (κ1) is 12.4. The van der Waals surface area contributed by atoms with Crippen LogP contribution in [0.2, 0.25) is 0 Å². The van der Waals surface area contributed by atoms with Gasteiger partial charge in [0.1, 0.15) is 11.7 Å². The molecule has 3 saturated heterocycles. The van der Waals surface area contributed by atoms with E-state index in [2.05, 4.69) is 6.07 Å². The molecule has 3 heterocycles. The van der Waals surface area contributed by atoms with Crippen LogP contribution < -0.4 is 0 Å². The number of nitrogens with zero attached hydrogens (tertiary/aromatic N) is 1. The molecule has 18 heavy (non-hydrogen) atoms. The third-order valence-corrected chi connectivity index (χ3v) is 4.28. The molecule has 3 aliphatic rings. The van der Waals surface area contributed by atoms with E-state index in [1.165, 1.54) is 0 Å². The van der Waals surface area contributed by atoms with Crippen LogP contribution in [0.15, 0.2) is 0 Å². The second-order valence-electron chi connectivity index (χ2n) is 5.72. The van der Waals surface area contributed by atoms with E-state index in [9.17, 15) is 5.11 Å². The van der Waals surface area contributed by atoms with Gasteiger partial charge in [-0.25, -0.2) is 0 Å². The molecule has 100 valence electrons. The van der Waals surface area contributed by atoms with Crippen LogP contribution in [0, 0.1) is 17.2 Å². The maximum absolute atomic E-state index is 9.64. The molecular formula is C13H19NO4. The maximum atomic E-state index is 9.64. The van der Waals surface area contributed by atoms with Crippen molar-refractivity contribution in [2.75, 3.05) is 6.61 Å². The van der Waals surface area contributed by atoms with Gasteiger partial charge < -0.3 is 19.3 Å². The van der Waals surface area contributed by atoms with Gasteiger partial charge in [-0.15, -0.1) is 0 Å². The fraction of sp³-hybridized carbons (Fsp3) is 0.923. The smallest absolute Gasteiger partial charge is 0.181 e. The fourth-order valence-corrected chi connectivity index (χ4v) is 3.34. The molecule has 0 radical (unpaired) electrons.